The number of pyridine rings is 1. The molecule has 212 valence electrons. The topological polar surface area (TPSA) is 122 Å². The third-order valence-electron chi connectivity index (χ3n) is 7.15. The Morgan fingerprint density at radius 3 is 2.64 bits per heavy atom. The second-order valence-corrected chi connectivity index (χ2v) is 10.3. The number of amides is 2. The van der Waals surface area contributed by atoms with E-state index in [1.165, 1.54) is 0 Å². The van der Waals surface area contributed by atoms with E-state index in [-0.39, 0.29) is 24.1 Å². The molecule has 1 unspecified atom stereocenters. The zero-order valence-electron chi connectivity index (χ0n) is 22.6. The van der Waals surface area contributed by atoms with Crippen molar-refractivity contribution in [1.29, 1.82) is 0 Å². The van der Waals surface area contributed by atoms with Gasteiger partial charge in [-0.1, -0.05) is 25.7 Å². The van der Waals surface area contributed by atoms with Crippen LogP contribution in [0.3, 0.4) is 0 Å². The molecule has 0 bridgehead atoms. The first kappa shape index (κ1) is 28.6. The molecule has 2 fully saturated rings. The largest absolute Gasteiger partial charge is 0.353 e. The molecule has 12 heteroatoms. The van der Waals surface area contributed by atoms with Gasteiger partial charge in [0.15, 0.2) is 17.9 Å². The van der Waals surface area contributed by atoms with Crippen molar-refractivity contribution in [2.45, 2.75) is 71.1 Å². The Morgan fingerprint density at radius 2 is 1.95 bits per heavy atom. The standard InChI is InChI=1S/C27H38FN7O4/c1-19-30-25(24(28)26(31-19)34(2)16-21-10-12-29-13-11-21)32-33-27(37)22(15-20-7-3-4-8-20)17-35(18-36)39-23-9-5-6-14-38-23/h10-13,18,20,22-23H,3-9,14-17H2,1-2H3,(H,33,37)(H,30,31,32)/t22-,23?/m1/s1. The number of carbonyl (C=O) groups is 2. The number of hydrazine groups is 1. The van der Waals surface area contributed by atoms with Gasteiger partial charge in [0.25, 0.3) is 0 Å². The zero-order chi connectivity index (χ0) is 27.6. The summed E-state index contributed by atoms with van der Waals surface area (Å²) in [6.07, 6.45) is 11.0. The lowest BCUT2D eigenvalue weighted by Gasteiger charge is -2.30. The van der Waals surface area contributed by atoms with Crippen molar-refractivity contribution in [3.05, 3.63) is 41.7 Å². The van der Waals surface area contributed by atoms with Gasteiger partial charge in [0.2, 0.25) is 18.1 Å². The van der Waals surface area contributed by atoms with Crippen LogP contribution < -0.4 is 15.8 Å². The van der Waals surface area contributed by atoms with E-state index in [2.05, 4.69) is 25.8 Å². The van der Waals surface area contributed by atoms with Crippen molar-refractivity contribution >= 4 is 24.0 Å². The zero-order valence-corrected chi connectivity index (χ0v) is 22.6. The molecule has 2 aromatic heterocycles. The lowest BCUT2D eigenvalue weighted by atomic mass is 9.92. The minimum Gasteiger partial charge on any atom is -0.353 e. The van der Waals surface area contributed by atoms with E-state index in [1.807, 2.05) is 12.1 Å². The Labute approximate surface area is 228 Å². The number of rotatable bonds is 13. The van der Waals surface area contributed by atoms with Crippen LogP contribution in [0.25, 0.3) is 0 Å². The van der Waals surface area contributed by atoms with Crippen molar-refractivity contribution < 1.29 is 23.6 Å². The number of anilines is 2. The predicted molar refractivity (Wildman–Crippen MR) is 142 cm³/mol. The van der Waals surface area contributed by atoms with Crippen LogP contribution in [0.15, 0.2) is 24.5 Å². The number of carbonyl (C=O) groups excluding carboxylic acids is 2. The van der Waals surface area contributed by atoms with Gasteiger partial charge in [0.1, 0.15) is 5.82 Å². The van der Waals surface area contributed by atoms with E-state index in [0.717, 1.165) is 49.2 Å². The molecule has 1 aliphatic carbocycles. The van der Waals surface area contributed by atoms with Crippen LogP contribution in [0.1, 0.15) is 62.8 Å². The maximum atomic E-state index is 15.4. The summed E-state index contributed by atoms with van der Waals surface area (Å²) >= 11 is 0. The molecule has 11 nitrogen and oxygen atoms in total. The molecular weight excluding hydrogens is 505 g/mol. The Hall–Kier alpha value is -3.38. The lowest BCUT2D eigenvalue weighted by Crippen LogP contribution is -2.43. The summed E-state index contributed by atoms with van der Waals surface area (Å²) in [7, 11) is 1.73. The number of hydrogen-bond acceptors (Lipinski definition) is 9. The average molecular weight is 544 g/mol. The van der Waals surface area contributed by atoms with Crippen LogP contribution in [0.2, 0.25) is 0 Å². The molecule has 4 rings (SSSR count). The molecule has 0 spiro atoms. The third-order valence-corrected chi connectivity index (χ3v) is 7.15. The summed E-state index contributed by atoms with van der Waals surface area (Å²) in [6.45, 7) is 2.72. The number of hydrogen-bond donors (Lipinski definition) is 2. The number of halogens is 1. The Morgan fingerprint density at radius 1 is 1.21 bits per heavy atom. The molecule has 0 aromatic carbocycles. The highest BCUT2D eigenvalue weighted by molar-refractivity contribution is 5.80. The fourth-order valence-corrected chi connectivity index (χ4v) is 5.13. The second kappa shape index (κ2) is 14.1. The highest BCUT2D eigenvalue weighted by atomic mass is 19.1. The van der Waals surface area contributed by atoms with E-state index in [9.17, 15) is 9.59 Å². The minimum atomic E-state index is -0.683. The second-order valence-electron chi connectivity index (χ2n) is 10.3. The normalized spacial score (nSPS) is 18.4. The van der Waals surface area contributed by atoms with E-state index in [1.54, 1.807) is 31.3 Å². The molecule has 0 radical (unpaired) electrons. The van der Waals surface area contributed by atoms with Crippen molar-refractivity contribution in [3.63, 3.8) is 0 Å². The molecule has 2 amide bonds. The van der Waals surface area contributed by atoms with Gasteiger partial charge in [-0.3, -0.25) is 25.4 Å². The molecule has 1 aliphatic heterocycles. The van der Waals surface area contributed by atoms with E-state index >= 15 is 4.39 Å². The van der Waals surface area contributed by atoms with Crippen molar-refractivity contribution in [3.8, 4) is 0 Å². The van der Waals surface area contributed by atoms with Gasteiger partial charge in [-0.2, -0.15) is 4.39 Å². The summed E-state index contributed by atoms with van der Waals surface area (Å²) in [4.78, 5) is 44.9. The maximum Gasteiger partial charge on any atom is 0.243 e. The molecule has 2 N–H and O–H groups in total. The number of aromatic nitrogens is 3. The molecule has 2 aliphatic rings. The van der Waals surface area contributed by atoms with Gasteiger partial charge in [-0.25, -0.2) is 19.9 Å². The fraction of sp³-hybridized carbons (Fsp3) is 0.593. The van der Waals surface area contributed by atoms with Crippen molar-refractivity contribution in [1.82, 2.24) is 25.4 Å². The summed E-state index contributed by atoms with van der Waals surface area (Å²) < 4.78 is 21.0. The van der Waals surface area contributed by atoms with Crippen LogP contribution in [-0.2, 0) is 25.7 Å². The molecule has 1 saturated heterocycles. The van der Waals surface area contributed by atoms with Crippen LogP contribution in [0.4, 0.5) is 16.0 Å². The number of ether oxygens (including phenoxy) is 1. The molecule has 39 heavy (non-hydrogen) atoms. The summed E-state index contributed by atoms with van der Waals surface area (Å²) in [5, 5.41) is 1.15. The highest BCUT2D eigenvalue weighted by Crippen LogP contribution is 2.31. The first-order valence-corrected chi connectivity index (χ1v) is 13.6. The van der Waals surface area contributed by atoms with E-state index < -0.39 is 18.0 Å². The predicted octanol–water partition coefficient (Wildman–Crippen LogP) is 3.51. The van der Waals surface area contributed by atoms with Crippen molar-refractivity contribution in [2.75, 3.05) is 30.5 Å². The quantitative estimate of drug-likeness (QED) is 0.289. The van der Waals surface area contributed by atoms with Gasteiger partial charge >= 0.3 is 0 Å². The van der Waals surface area contributed by atoms with Gasteiger partial charge < -0.3 is 9.64 Å². The van der Waals surface area contributed by atoms with Crippen LogP contribution in [0.5, 0.6) is 0 Å². The lowest BCUT2D eigenvalue weighted by molar-refractivity contribution is -0.276. The van der Waals surface area contributed by atoms with Crippen LogP contribution >= 0.6 is 0 Å². The van der Waals surface area contributed by atoms with Crippen molar-refractivity contribution in [2.24, 2.45) is 11.8 Å². The number of nitrogens with zero attached hydrogens (tertiary/aromatic N) is 5. The SMILES string of the molecule is Cc1nc(NNC(=O)[C@H](CC2CCCC2)CN(C=O)OC2CCCCO2)c(F)c(N(C)Cc2ccncc2)n1. The third kappa shape index (κ3) is 8.30. The molecular formula is C27H38FN7O4. The monoisotopic (exact) mass is 543 g/mol. The number of hydroxylamine groups is 2. The Kier molecular flexibility index (Phi) is 10.4. The number of nitrogens with one attached hydrogen (secondary N) is 2. The summed E-state index contributed by atoms with van der Waals surface area (Å²) in [6, 6.07) is 3.69. The Bertz CT molecular complexity index is 1080. The average Bonchev–Trinajstić information content (AvgIpc) is 3.46. The van der Waals surface area contributed by atoms with Crippen LogP contribution in [0, 0.1) is 24.6 Å². The first-order valence-electron chi connectivity index (χ1n) is 13.6. The Balaban J connectivity index is 1.42. The highest BCUT2D eigenvalue weighted by Gasteiger charge is 2.29. The first-order chi connectivity index (χ1) is 18.9. The molecule has 2 atom stereocenters. The van der Waals surface area contributed by atoms with Gasteiger partial charge in [0, 0.05) is 39.0 Å². The molecule has 2 aromatic rings. The van der Waals surface area contributed by atoms with E-state index in [0.29, 0.717) is 44.1 Å². The number of aryl methyl sites for hydroxylation is 1. The van der Waals surface area contributed by atoms with E-state index in [4.69, 9.17) is 9.57 Å². The molecule has 3 heterocycles. The van der Waals surface area contributed by atoms with Gasteiger partial charge in [0.05, 0.1) is 12.5 Å². The summed E-state index contributed by atoms with van der Waals surface area (Å²) in [5.74, 6) is -0.916. The molecule has 1 saturated carbocycles. The van der Waals surface area contributed by atoms with Gasteiger partial charge in [-0.15, -0.1) is 0 Å². The fourth-order valence-electron chi connectivity index (χ4n) is 5.13. The van der Waals surface area contributed by atoms with Gasteiger partial charge in [-0.05, 0) is 49.8 Å². The summed E-state index contributed by atoms with van der Waals surface area (Å²) in [5.41, 5.74) is 6.22. The maximum absolute atomic E-state index is 15.4. The van der Waals surface area contributed by atoms with Crippen LogP contribution in [-0.4, -0.2) is 58.8 Å². The minimum absolute atomic E-state index is 0.0680. The smallest absolute Gasteiger partial charge is 0.243 e.